The number of rotatable bonds is 5. The van der Waals surface area contributed by atoms with Gasteiger partial charge in [0.1, 0.15) is 11.3 Å². The van der Waals surface area contributed by atoms with E-state index in [9.17, 15) is 14.7 Å². The molecular formula is C15H16BrNO4. The highest BCUT2D eigenvalue weighted by molar-refractivity contribution is 9.10. The lowest BCUT2D eigenvalue weighted by Crippen LogP contribution is -2.58. The van der Waals surface area contributed by atoms with Gasteiger partial charge in [0.15, 0.2) is 0 Å². The average Bonchev–Trinajstić information content (AvgIpc) is 2.40. The predicted molar refractivity (Wildman–Crippen MR) is 82.1 cm³/mol. The number of nitrogens with one attached hydrogen (secondary N) is 1. The highest BCUT2D eigenvalue weighted by Gasteiger charge is 2.45. The molecule has 0 spiro atoms. The van der Waals surface area contributed by atoms with E-state index in [4.69, 9.17) is 4.74 Å². The van der Waals surface area contributed by atoms with Crippen molar-refractivity contribution in [2.24, 2.45) is 0 Å². The molecule has 0 saturated heterocycles. The predicted octanol–water partition coefficient (Wildman–Crippen LogP) is 2.59. The molecule has 0 bridgehead atoms. The standard InChI is InChI=1S/C15H16BrNO4/c1-21-12-5-4-11(16)9-10(12)3-6-13(18)17-15(14(19)20)7-2-8-15/h3-6,9H,2,7-8H2,1H3,(H,17,18)(H,19,20)/b6-3+. The van der Waals surface area contributed by atoms with Crippen LogP contribution in [-0.4, -0.2) is 29.6 Å². The fourth-order valence-corrected chi connectivity index (χ4v) is 2.58. The Hall–Kier alpha value is -1.82. The minimum atomic E-state index is -1.09. The second-order valence-corrected chi connectivity index (χ2v) is 5.87. The summed E-state index contributed by atoms with van der Waals surface area (Å²) in [6.07, 6.45) is 4.69. The first-order valence-corrected chi connectivity index (χ1v) is 7.33. The Morgan fingerprint density at radius 3 is 2.67 bits per heavy atom. The molecule has 0 radical (unpaired) electrons. The summed E-state index contributed by atoms with van der Waals surface area (Å²) in [5.74, 6) is -0.756. The van der Waals surface area contributed by atoms with E-state index in [0.29, 0.717) is 18.6 Å². The van der Waals surface area contributed by atoms with Crippen LogP contribution >= 0.6 is 15.9 Å². The Labute approximate surface area is 131 Å². The Balaban J connectivity index is 2.09. The second-order valence-electron chi connectivity index (χ2n) is 4.95. The van der Waals surface area contributed by atoms with Crippen LogP contribution in [0.5, 0.6) is 5.75 Å². The molecule has 1 aromatic rings. The summed E-state index contributed by atoms with van der Waals surface area (Å²) in [5.41, 5.74) is -0.358. The fraction of sp³-hybridized carbons (Fsp3) is 0.333. The molecule has 1 amide bonds. The van der Waals surface area contributed by atoms with Crippen molar-refractivity contribution in [2.75, 3.05) is 7.11 Å². The normalized spacial score (nSPS) is 16.3. The monoisotopic (exact) mass is 353 g/mol. The van der Waals surface area contributed by atoms with Crippen LogP contribution in [0.1, 0.15) is 24.8 Å². The molecule has 0 aliphatic heterocycles. The minimum Gasteiger partial charge on any atom is -0.496 e. The number of carbonyl (C=O) groups excluding carboxylic acids is 1. The van der Waals surface area contributed by atoms with E-state index in [0.717, 1.165) is 16.5 Å². The van der Waals surface area contributed by atoms with Gasteiger partial charge in [-0.05, 0) is 43.5 Å². The van der Waals surface area contributed by atoms with E-state index in [2.05, 4.69) is 21.2 Å². The number of ether oxygens (including phenoxy) is 1. The maximum Gasteiger partial charge on any atom is 0.329 e. The summed E-state index contributed by atoms with van der Waals surface area (Å²) in [6.45, 7) is 0. The molecule has 1 aliphatic rings. The first-order valence-electron chi connectivity index (χ1n) is 6.54. The number of carboxylic acids is 1. The van der Waals surface area contributed by atoms with Gasteiger partial charge in [0.05, 0.1) is 7.11 Å². The molecule has 6 heteroatoms. The van der Waals surface area contributed by atoms with Crippen molar-refractivity contribution in [3.05, 3.63) is 34.3 Å². The van der Waals surface area contributed by atoms with E-state index in [1.165, 1.54) is 6.08 Å². The molecule has 5 nitrogen and oxygen atoms in total. The Bertz CT molecular complexity index is 593. The Morgan fingerprint density at radius 1 is 1.43 bits per heavy atom. The van der Waals surface area contributed by atoms with Crippen LogP contribution in [0.2, 0.25) is 0 Å². The molecule has 0 aromatic heterocycles. The van der Waals surface area contributed by atoms with Gasteiger partial charge < -0.3 is 15.2 Å². The van der Waals surface area contributed by atoms with E-state index in [1.54, 1.807) is 19.3 Å². The molecule has 112 valence electrons. The summed E-state index contributed by atoms with van der Waals surface area (Å²) >= 11 is 3.35. The molecule has 1 aliphatic carbocycles. The Kier molecular flexibility index (Phi) is 4.67. The van der Waals surface area contributed by atoms with Crippen LogP contribution in [0.25, 0.3) is 6.08 Å². The lowest BCUT2D eigenvalue weighted by atomic mass is 9.77. The van der Waals surface area contributed by atoms with E-state index < -0.39 is 17.4 Å². The number of carbonyl (C=O) groups is 2. The lowest BCUT2D eigenvalue weighted by molar-refractivity contribution is -0.151. The fourth-order valence-electron chi connectivity index (χ4n) is 2.20. The van der Waals surface area contributed by atoms with Crippen LogP contribution in [0.3, 0.4) is 0 Å². The van der Waals surface area contributed by atoms with Crippen molar-refractivity contribution >= 4 is 33.9 Å². The summed E-state index contributed by atoms with van der Waals surface area (Å²) < 4.78 is 6.07. The molecule has 0 atom stereocenters. The summed E-state index contributed by atoms with van der Waals surface area (Å²) in [7, 11) is 1.55. The van der Waals surface area contributed by atoms with Gasteiger partial charge in [-0.2, -0.15) is 0 Å². The van der Waals surface area contributed by atoms with Gasteiger partial charge in [0.25, 0.3) is 0 Å². The lowest BCUT2D eigenvalue weighted by Gasteiger charge is -2.37. The first kappa shape index (κ1) is 15.6. The zero-order valence-corrected chi connectivity index (χ0v) is 13.1. The largest absolute Gasteiger partial charge is 0.496 e. The SMILES string of the molecule is COc1ccc(Br)cc1/C=C/C(=O)NC1(C(=O)O)CCC1. The topological polar surface area (TPSA) is 75.6 Å². The molecule has 21 heavy (non-hydrogen) atoms. The molecular weight excluding hydrogens is 338 g/mol. The molecule has 1 aromatic carbocycles. The molecule has 1 fully saturated rings. The third kappa shape index (κ3) is 3.44. The van der Waals surface area contributed by atoms with Crippen molar-refractivity contribution in [1.29, 1.82) is 0 Å². The van der Waals surface area contributed by atoms with Crippen LogP contribution in [0.15, 0.2) is 28.7 Å². The van der Waals surface area contributed by atoms with E-state index in [1.807, 2.05) is 12.1 Å². The van der Waals surface area contributed by atoms with Crippen molar-refractivity contribution in [2.45, 2.75) is 24.8 Å². The van der Waals surface area contributed by atoms with Crippen molar-refractivity contribution in [3.8, 4) is 5.75 Å². The zero-order chi connectivity index (χ0) is 15.5. The minimum absolute atomic E-state index is 0.417. The number of amides is 1. The molecule has 1 saturated carbocycles. The summed E-state index contributed by atoms with van der Waals surface area (Å²) in [4.78, 5) is 23.1. The van der Waals surface area contributed by atoms with Gasteiger partial charge in [-0.1, -0.05) is 15.9 Å². The van der Waals surface area contributed by atoms with E-state index >= 15 is 0 Å². The van der Waals surface area contributed by atoms with Crippen LogP contribution in [-0.2, 0) is 9.59 Å². The number of carboxylic acid groups (broad SMARTS) is 1. The molecule has 0 unspecified atom stereocenters. The first-order chi connectivity index (χ1) is 9.97. The number of methoxy groups -OCH3 is 1. The quantitative estimate of drug-likeness (QED) is 0.797. The second kappa shape index (κ2) is 6.30. The third-order valence-electron chi connectivity index (χ3n) is 3.58. The zero-order valence-electron chi connectivity index (χ0n) is 11.6. The van der Waals surface area contributed by atoms with Crippen LogP contribution in [0.4, 0.5) is 0 Å². The van der Waals surface area contributed by atoms with Gasteiger partial charge in [0, 0.05) is 16.1 Å². The number of benzene rings is 1. The average molecular weight is 354 g/mol. The molecule has 0 heterocycles. The highest BCUT2D eigenvalue weighted by Crippen LogP contribution is 2.32. The van der Waals surface area contributed by atoms with Gasteiger partial charge in [0.2, 0.25) is 5.91 Å². The van der Waals surface area contributed by atoms with Crippen LogP contribution < -0.4 is 10.1 Å². The van der Waals surface area contributed by atoms with Gasteiger partial charge in [-0.15, -0.1) is 0 Å². The van der Waals surface area contributed by atoms with Crippen LogP contribution in [0, 0.1) is 0 Å². The number of hydrogen-bond acceptors (Lipinski definition) is 3. The third-order valence-corrected chi connectivity index (χ3v) is 4.08. The van der Waals surface area contributed by atoms with Crippen molar-refractivity contribution in [3.63, 3.8) is 0 Å². The number of aliphatic carboxylic acids is 1. The van der Waals surface area contributed by atoms with E-state index in [-0.39, 0.29) is 0 Å². The smallest absolute Gasteiger partial charge is 0.329 e. The molecule has 2 rings (SSSR count). The van der Waals surface area contributed by atoms with Gasteiger partial charge in [-0.25, -0.2) is 4.79 Å². The Morgan fingerprint density at radius 2 is 2.14 bits per heavy atom. The number of halogens is 1. The molecule has 2 N–H and O–H groups in total. The van der Waals surface area contributed by atoms with Crippen molar-refractivity contribution < 1.29 is 19.4 Å². The van der Waals surface area contributed by atoms with Gasteiger partial charge >= 0.3 is 5.97 Å². The highest BCUT2D eigenvalue weighted by atomic mass is 79.9. The summed E-state index contributed by atoms with van der Waals surface area (Å²) in [5, 5.41) is 11.7. The number of hydrogen-bond donors (Lipinski definition) is 2. The summed E-state index contributed by atoms with van der Waals surface area (Å²) in [6, 6.07) is 5.44. The van der Waals surface area contributed by atoms with Gasteiger partial charge in [-0.3, -0.25) is 4.79 Å². The van der Waals surface area contributed by atoms with Crippen molar-refractivity contribution in [1.82, 2.24) is 5.32 Å². The maximum absolute atomic E-state index is 11.9. The maximum atomic E-state index is 11.9.